The highest BCUT2D eigenvalue weighted by atomic mass is 16.5. The summed E-state index contributed by atoms with van der Waals surface area (Å²) in [6.07, 6.45) is 3.16. The zero-order valence-electron chi connectivity index (χ0n) is 16.4. The van der Waals surface area contributed by atoms with E-state index in [0.29, 0.717) is 35.0 Å². The van der Waals surface area contributed by atoms with Crippen LogP contribution in [0.5, 0.6) is 17.2 Å². The number of esters is 1. The molecular weight excluding hydrogens is 396 g/mol. The van der Waals surface area contributed by atoms with E-state index in [-0.39, 0.29) is 17.2 Å². The molecule has 154 valence electrons. The van der Waals surface area contributed by atoms with Gasteiger partial charge >= 0.3 is 5.97 Å². The minimum absolute atomic E-state index is 0.0185. The van der Waals surface area contributed by atoms with Crippen LogP contribution >= 0.6 is 0 Å². The van der Waals surface area contributed by atoms with E-state index >= 15 is 0 Å². The van der Waals surface area contributed by atoms with Gasteiger partial charge in [0.1, 0.15) is 41.3 Å². The maximum Gasteiger partial charge on any atom is 0.343 e. The van der Waals surface area contributed by atoms with Gasteiger partial charge in [0.2, 0.25) is 5.88 Å². The summed E-state index contributed by atoms with van der Waals surface area (Å²) in [6, 6.07) is 17.1. The number of allylic oxidation sites excluding steroid dienone is 1. The molecule has 0 bridgehead atoms. The van der Waals surface area contributed by atoms with Gasteiger partial charge in [0.15, 0.2) is 0 Å². The van der Waals surface area contributed by atoms with Crippen LogP contribution in [0.3, 0.4) is 0 Å². The number of rotatable bonds is 6. The molecule has 0 amide bonds. The molecule has 2 aromatic carbocycles. The van der Waals surface area contributed by atoms with E-state index < -0.39 is 11.9 Å². The summed E-state index contributed by atoms with van der Waals surface area (Å²) in [4.78, 5) is 12.5. The summed E-state index contributed by atoms with van der Waals surface area (Å²) in [5, 5.41) is 9.53. The third-order valence-corrected chi connectivity index (χ3v) is 4.69. The van der Waals surface area contributed by atoms with Gasteiger partial charge in [-0.3, -0.25) is 0 Å². The van der Waals surface area contributed by atoms with Crippen molar-refractivity contribution in [3.63, 3.8) is 0 Å². The van der Waals surface area contributed by atoms with Crippen LogP contribution in [0.2, 0.25) is 0 Å². The molecule has 31 heavy (non-hydrogen) atoms. The Labute approximate surface area is 178 Å². The number of hydrogen-bond donors (Lipinski definition) is 1. The van der Waals surface area contributed by atoms with E-state index in [4.69, 9.17) is 24.4 Å². The Hall–Kier alpha value is -4.44. The van der Waals surface area contributed by atoms with Crippen LogP contribution in [0.4, 0.5) is 0 Å². The minimum Gasteiger partial charge on any atom is -0.490 e. The molecule has 0 spiro atoms. The second kappa shape index (κ2) is 8.51. The van der Waals surface area contributed by atoms with Gasteiger partial charge in [-0.15, -0.1) is 0 Å². The molecule has 1 atom stereocenters. The van der Waals surface area contributed by atoms with Gasteiger partial charge in [0.05, 0.1) is 17.7 Å². The Morgan fingerprint density at radius 2 is 1.97 bits per heavy atom. The molecular formula is C24H18N2O5. The van der Waals surface area contributed by atoms with Crippen LogP contribution in [-0.2, 0) is 0 Å². The summed E-state index contributed by atoms with van der Waals surface area (Å²) in [5.74, 6) is 0.797. The summed E-state index contributed by atoms with van der Waals surface area (Å²) in [5.41, 5.74) is 7.26. The van der Waals surface area contributed by atoms with Gasteiger partial charge < -0.3 is 24.4 Å². The number of benzene rings is 2. The molecule has 0 saturated heterocycles. The van der Waals surface area contributed by atoms with Crippen molar-refractivity contribution >= 4 is 5.97 Å². The maximum atomic E-state index is 12.5. The van der Waals surface area contributed by atoms with Crippen molar-refractivity contribution in [2.24, 2.45) is 5.73 Å². The van der Waals surface area contributed by atoms with E-state index in [0.717, 1.165) is 0 Å². The summed E-state index contributed by atoms with van der Waals surface area (Å²) >= 11 is 0. The molecule has 0 fully saturated rings. The smallest absolute Gasteiger partial charge is 0.343 e. The predicted octanol–water partition coefficient (Wildman–Crippen LogP) is 4.28. The van der Waals surface area contributed by atoms with E-state index in [1.807, 2.05) is 0 Å². The largest absolute Gasteiger partial charge is 0.490 e. The fraction of sp³-hybridized carbons (Fsp3) is 0.0833. The van der Waals surface area contributed by atoms with E-state index in [1.165, 1.54) is 6.26 Å². The van der Waals surface area contributed by atoms with Crippen molar-refractivity contribution in [3.05, 3.63) is 102 Å². The molecule has 2 N–H and O–H groups in total. The molecule has 7 heteroatoms. The van der Waals surface area contributed by atoms with E-state index in [2.05, 4.69) is 12.6 Å². The standard InChI is InChI=1S/C24H18N2O5/c1-2-11-28-16-7-5-15(6-8-16)24(27)30-17-9-10-18-21(13-17)31-23(26)19(14-25)22(18)20-4-3-12-29-20/h2-10,12-13,22H,1,11,26H2. The Balaban J connectivity index is 1.57. The van der Waals surface area contributed by atoms with Gasteiger partial charge in [0.25, 0.3) is 0 Å². The second-order valence-corrected chi connectivity index (χ2v) is 6.65. The van der Waals surface area contributed by atoms with Gasteiger partial charge in [-0.1, -0.05) is 18.7 Å². The van der Waals surface area contributed by atoms with Gasteiger partial charge in [-0.05, 0) is 42.5 Å². The molecule has 7 nitrogen and oxygen atoms in total. The number of carbonyl (C=O) groups is 1. The number of fused-ring (bicyclic) bond motifs is 1. The van der Waals surface area contributed by atoms with Crippen LogP contribution in [0.1, 0.15) is 27.6 Å². The number of carbonyl (C=O) groups excluding carboxylic acids is 1. The summed E-state index contributed by atoms with van der Waals surface area (Å²) in [6.45, 7) is 3.97. The SMILES string of the molecule is C=CCOc1ccc(C(=O)Oc2ccc3c(c2)OC(N)=C(C#N)C3c2ccco2)cc1. The van der Waals surface area contributed by atoms with Crippen molar-refractivity contribution in [3.8, 4) is 23.3 Å². The molecule has 1 unspecified atom stereocenters. The highest BCUT2D eigenvalue weighted by Gasteiger charge is 2.32. The van der Waals surface area contributed by atoms with Crippen LogP contribution in [0.15, 0.2) is 89.4 Å². The summed E-state index contributed by atoms with van der Waals surface area (Å²) in [7, 11) is 0. The van der Waals surface area contributed by atoms with Gasteiger partial charge in [-0.25, -0.2) is 4.79 Å². The third kappa shape index (κ3) is 4.00. The topological polar surface area (TPSA) is 108 Å². The first-order valence-electron chi connectivity index (χ1n) is 9.41. The highest BCUT2D eigenvalue weighted by molar-refractivity contribution is 5.91. The zero-order valence-corrected chi connectivity index (χ0v) is 16.4. The first-order valence-corrected chi connectivity index (χ1v) is 9.41. The number of hydrogen-bond acceptors (Lipinski definition) is 7. The Bertz CT molecular complexity index is 1190. The van der Waals surface area contributed by atoms with Crippen LogP contribution in [0, 0.1) is 11.3 Å². The van der Waals surface area contributed by atoms with Crippen LogP contribution in [-0.4, -0.2) is 12.6 Å². The first-order chi connectivity index (χ1) is 15.1. The van der Waals surface area contributed by atoms with Crippen molar-refractivity contribution < 1.29 is 23.4 Å². The normalized spacial score (nSPS) is 14.7. The monoisotopic (exact) mass is 414 g/mol. The minimum atomic E-state index is -0.533. The molecule has 3 aromatic rings. The number of nitrogens with zero attached hydrogens (tertiary/aromatic N) is 1. The molecule has 2 heterocycles. The number of ether oxygens (including phenoxy) is 3. The quantitative estimate of drug-likeness (QED) is 0.364. The average molecular weight is 414 g/mol. The van der Waals surface area contributed by atoms with E-state index in [9.17, 15) is 10.1 Å². The fourth-order valence-electron chi connectivity index (χ4n) is 3.26. The van der Waals surface area contributed by atoms with Crippen molar-refractivity contribution in [2.45, 2.75) is 5.92 Å². The third-order valence-electron chi connectivity index (χ3n) is 4.69. The van der Waals surface area contributed by atoms with Crippen LogP contribution < -0.4 is 19.9 Å². The lowest BCUT2D eigenvalue weighted by atomic mass is 9.87. The molecule has 0 aliphatic carbocycles. The number of nitrogens with two attached hydrogens (primary N) is 1. The van der Waals surface area contributed by atoms with Crippen molar-refractivity contribution in [1.29, 1.82) is 5.26 Å². The number of nitriles is 1. The summed E-state index contributed by atoms with van der Waals surface area (Å²) < 4.78 is 22.0. The molecule has 1 aliphatic heterocycles. The maximum absolute atomic E-state index is 12.5. The molecule has 1 aliphatic rings. The average Bonchev–Trinajstić information content (AvgIpc) is 3.31. The fourth-order valence-corrected chi connectivity index (χ4v) is 3.26. The molecule has 1 aromatic heterocycles. The Kier molecular flexibility index (Phi) is 5.45. The Morgan fingerprint density at radius 3 is 2.65 bits per heavy atom. The predicted molar refractivity (Wildman–Crippen MR) is 112 cm³/mol. The van der Waals surface area contributed by atoms with E-state index in [1.54, 1.807) is 60.7 Å². The van der Waals surface area contributed by atoms with Crippen molar-refractivity contribution in [2.75, 3.05) is 6.61 Å². The first kappa shape index (κ1) is 19.9. The van der Waals surface area contributed by atoms with Crippen LogP contribution in [0.25, 0.3) is 0 Å². The number of furan rings is 1. The van der Waals surface area contributed by atoms with Crippen molar-refractivity contribution in [1.82, 2.24) is 0 Å². The van der Waals surface area contributed by atoms with Gasteiger partial charge in [0, 0.05) is 11.6 Å². The molecule has 0 saturated carbocycles. The highest BCUT2D eigenvalue weighted by Crippen LogP contribution is 2.43. The molecule has 4 rings (SSSR count). The molecule has 0 radical (unpaired) electrons. The second-order valence-electron chi connectivity index (χ2n) is 6.65. The lowest BCUT2D eigenvalue weighted by Crippen LogP contribution is -2.21. The zero-order chi connectivity index (χ0) is 21.8. The Morgan fingerprint density at radius 1 is 1.19 bits per heavy atom. The lowest BCUT2D eigenvalue weighted by Gasteiger charge is -2.25. The lowest BCUT2D eigenvalue weighted by molar-refractivity contribution is 0.0734. The van der Waals surface area contributed by atoms with Gasteiger partial charge in [-0.2, -0.15) is 5.26 Å².